The molecule has 0 aliphatic heterocycles. The number of hydrogen-bond acceptors (Lipinski definition) is 1. The number of nitrogens with two attached hydrogens (primary N) is 1. The van der Waals surface area contributed by atoms with Gasteiger partial charge in [-0.25, -0.2) is 0 Å². The van der Waals surface area contributed by atoms with Crippen molar-refractivity contribution >= 4 is 0 Å². The average molecular weight is 165 g/mol. The van der Waals surface area contributed by atoms with Gasteiger partial charge >= 0.3 is 0 Å². The van der Waals surface area contributed by atoms with Gasteiger partial charge in [-0.05, 0) is 32.3 Å². The highest BCUT2D eigenvalue weighted by Gasteiger charge is 2.04. The van der Waals surface area contributed by atoms with E-state index in [9.17, 15) is 0 Å². The van der Waals surface area contributed by atoms with E-state index in [-0.39, 0.29) is 6.04 Å². The molecule has 1 unspecified atom stereocenters. The van der Waals surface area contributed by atoms with E-state index < -0.39 is 0 Å². The molecule has 1 nitrogen and oxygen atoms in total. The molecule has 12 heavy (non-hydrogen) atoms. The topological polar surface area (TPSA) is 26.0 Å². The Kier molecular flexibility index (Phi) is 4.60. The monoisotopic (exact) mass is 165 g/mol. The van der Waals surface area contributed by atoms with Gasteiger partial charge in [0.05, 0.1) is 0 Å². The van der Waals surface area contributed by atoms with Crippen molar-refractivity contribution in [3.05, 3.63) is 36.5 Å². The molecule has 0 bridgehead atoms. The van der Waals surface area contributed by atoms with E-state index in [1.807, 2.05) is 13.8 Å². The minimum Gasteiger partial charge on any atom is -0.324 e. The molecule has 0 aromatic heterocycles. The normalized spacial score (nSPS) is 12.2. The van der Waals surface area contributed by atoms with Gasteiger partial charge in [-0.3, -0.25) is 0 Å². The molecule has 0 rings (SSSR count). The van der Waals surface area contributed by atoms with E-state index in [1.165, 1.54) is 5.57 Å². The maximum atomic E-state index is 5.66. The molecule has 0 aliphatic rings. The summed E-state index contributed by atoms with van der Waals surface area (Å²) in [7, 11) is 0. The molecule has 68 valence electrons. The van der Waals surface area contributed by atoms with Crippen LogP contribution in [0.4, 0.5) is 0 Å². The van der Waals surface area contributed by atoms with E-state index >= 15 is 0 Å². The molecule has 1 atom stereocenters. The van der Waals surface area contributed by atoms with Crippen LogP contribution in [0.3, 0.4) is 0 Å². The maximum absolute atomic E-state index is 5.66. The smallest absolute Gasteiger partial charge is 0.0262 e. The fraction of sp³-hybridized carbons (Fsp3) is 0.455. The first-order chi connectivity index (χ1) is 5.45. The van der Waals surface area contributed by atoms with Crippen molar-refractivity contribution in [2.45, 2.75) is 32.7 Å². The Morgan fingerprint density at radius 1 is 1.25 bits per heavy atom. The van der Waals surface area contributed by atoms with Crippen LogP contribution in [0.1, 0.15) is 26.7 Å². The Hall–Kier alpha value is -0.820. The second-order valence-corrected chi connectivity index (χ2v) is 3.37. The van der Waals surface area contributed by atoms with Gasteiger partial charge in [0.25, 0.3) is 0 Å². The first-order valence-electron chi connectivity index (χ1n) is 4.22. The third-order valence-electron chi connectivity index (χ3n) is 1.86. The van der Waals surface area contributed by atoms with Gasteiger partial charge in [0.1, 0.15) is 0 Å². The molecule has 0 aliphatic carbocycles. The van der Waals surface area contributed by atoms with E-state index in [0.29, 0.717) is 0 Å². The lowest BCUT2D eigenvalue weighted by Crippen LogP contribution is -2.18. The SMILES string of the molecule is C=C(C)CCC(=C)C(=C)C(C)N. The Morgan fingerprint density at radius 3 is 2.08 bits per heavy atom. The Bertz CT molecular complexity index is 199. The van der Waals surface area contributed by atoms with Crippen LogP contribution >= 0.6 is 0 Å². The van der Waals surface area contributed by atoms with Gasteiger partial charge in [-0.1, -0.05) is 24.3 Å². The molecule has 0 saturated carbocycles. The molecular formula is C11H19N. The van der Waals surface area contributed by atoms with Crippen molar-refractivity contribution < 1.29 is 0 Å². The van der Waals surface area contributed by atoms with Gasteiger partial charge < -0.3 is 5.73 Å². The van der Waals surface area contributed by atoms with Gasteiger partial charge in [0, 0.05) is 6.04 Å². The molecule has 2 N–H and O–H groups in total. The van der Waals surface area contributed by atoms with Crippen molar-refractivity contribution in [3.8, 4) is 0 Å². The minimum absolute atomic E-state index is 0.0163. The van der Waals surface area contributed by atoms with E-state index in [2.05, 4.69) is 19.7 Å². The highest BCUT2D eigenvalue weighted by molar-refractivity contribution is 5.29. The first kappa shape index (κ1) is 11.2. The fourth-order valence-electron chi connectivity index (χ4n) is 0.847. The number of allylic oxidation sites excluding steroid dienone is 1. The third-order valence-corrected chi connectivity index (χ3v) is 1.86. The van der Waals surface area contributed by atoms with Gasteiger partial charge in [-0.15, -0.1) is 6.58 Å². The summed E-state index contributed by atoms with van der Waals surface area (Å²) >= 11 is 0. The van der Waals surface area contributed by atoms with Gasteiger partial charge in [0.2, 0.25) is 0 Å². The van der Waals surface area contributed by atoms with Crippen molar-refractivity contribution in [3.63, 3.8) is 0 Å². The molecule has 0 aromatic rings. The zero-order valence-electron chi connectivity index (χ0n) is 8.19. The first-order valence-corrected chi connectivity index (χ1v) is 4.22. The van der Waals surface area contributed by atoms with Crippen molar-refractivity contribution in [2.24, 2.45) is 5.73 Å². The Labute approximate surface area is 75.7 Å². The summed E-state index contributed by atoms with van der Waals surface area (Å²) < 4.78 is 0. The average Bonchev–Trinajstić information content (AvgIpc) is 1.98. The molecule has 0 fully saturated rings. The fourth-order valence-corrected chi connectivity index (χ4v) is 0.847. The van der Waals surface area contributed by atoms with E-state index in [1.54, 1.807) is 0 Å². The lowest BCUT2D eigenvalue weighted by Gasteiger charge is -2.12. The van der Waals surface area contributed by atoms with Crippen LogP contribution in [0.2, 0.25) is 0 Å². The minimum atomic E-state index is 0.0163. The van der Waals surface area contributed by atoms with Gasteiger partial charge in [-0.2, -0.15) is 0 Å². The molecule has 0 radical (unpaired) electrons. The van der Waals surface area contributed by atoms with E-state index in [0.717, 1.165) is 24.0 Å². The summed E-state index contributed by atoms with van der Waals surface area (Å²) in [6.07, 6.45) is 1.90. The molecule has 0 saturated heterocycles. The van der Waals surface area contributed by atoms with Crippen LogP contribution in [0.15, 0.2) is 36.5 Å². The quantitative estimate of drug-likeness (QED) is 0.492. The van der Waals surface area contributed by atoms with Gasteiger partial charge in [0.15, 0.2) is 0 Å². The second kappa shape index (κ2) is 4.94. The summed E-state index contributed by atoms with van der Waals surface area (Å²) in [5.74, 6) is 0. The summed E-state index contributed by atoms with van der Waals surface area (Å²) in [6, 6.07) is 0.0163. The van der Waals surface area contributed by atoms with Crippen molar-refractivity contribution in [2.75, 3.05) is 0 Å². The van der Waals surface area contributed by atoms with Crippen LogP contribution < -0.4 is 5.73 Å². The van der Waals surface area contributed by atoms with Crippen molar-refractivity contribution in [1.82, 2.24) is 0 Å². The molecule has 0 amide bonds. The van der Waals surface area contributed by atoms with Crippen molar-refractivity contribution in [1.29, 1.82) is 0 Å². The molecule has 0 aromatic carbocycles. The highest BCUT2D eigenvalue weighted by Crippen LogP contribution is 2.16. The van der Waals surface area contributed by atoms with Crippen LogP contribution in [0.25, 0.3) is 0 Å². The zero-order valence-corrected chi connectivity index (χ0v) is 8.19. The van der Waals surface area contributed by atoms with Crippen LogP contribution in [0, 0.1) is 0 Å². The van der Waals surface area contributed by atoms with Crippen LogP contribution in [0.5, 0.6) is 0 Å². The molecular weight excluding hydrogens is 146 g/mol. The predicted molar refractivity (Wildman–Crippen MR) is 56.0 cm³/mol. The summed E-state index contributed by atoms with van der Waals surface area (Å²) in [5, 5.41) is 0. The Morgan fingerprint density at radius 2 is 1.75 bits per heavy atom. The van der Waals surface area contributed by atoms with E-state index in [4.69, 9.17) is 5.73 Å². The largest absolute Gasteiger partial charge is 0.324 e. The lowest BCUT2D eigenvalue weighted by atomic mass is 9.98. The standard InChI is InChI=1S/C11H19N/c1-8(2)6-7-9(3)10(4)11(5)12/h11H,1,3-4,6-7,12H2,2,5H3. The zero-order chi connectivity index (χ0) is 9.72. The lowest BCUT2D eigenvalue weighted by molar-refractivity contribution is 0.836. The summed E-state index contributed by atoms with van der Waals surface area (Å²) in [5.41, 5.74) is 8.84. The molecule has 0 spiro atoms. The van der Waals surface area contributed by atoms with Crippen LogP contribution in [-0.4, -0.2) is 6.04 Å². The second-order valence-electron chi connectivity index (χ2n) is 3.37. The number of rotatable bonds is 5. The highest BCUT2D eigenvalue weighted by atomic mass is 14.6. The predicted octanol–water partition coefficient (Wildman–Crippen LogP) is 2.80. The third kappa shape index (κ3) is 4.14. The summed E-state index contributed by atoms with van der Waals surface area (Å²) in [6.45, 7) is 15.6. The molecule has 0 heterocycles. The Balaban J connectivity index is 3.89. The summed E-state index contributed by atoms with van der Waals surface area (Å²) in [4.78, 5) is 0. The molecule has 1 heteroatoms. The maximum Gasteiger partial charge on any atom is 0.0262 e. The van der Waals surface area contributed by atoms with Crippen LogP contribution in [-0.2, 0) is 0 Å². The number of hydrogen-bond donors (Lipinski definition) is 1.